The van der Waals surface area contributed by atoms with Crippen LogP contribution in [0.25, 0.3) is 0 Å². The Morgan fingerprint density at radius 2 is 1.83 bits per heavy atom. The third-order valence-corrected chi connectivity index (χ3v) is 3.66. The van der Waals surface area contributed by atoms with E-state index in [1.54, 1.807) is 37.3 Å². The van der Waals surface area contributed by atoms with Gasteiger partial charge >= 0.3 is 6.18 Å². The van der Waals surface area contributed by atoms with Crippen LogP contribution in [-0.4, -0.2) is 25.1 Å². The maximum absolute atomic E-state index is 12.8. The first kappa shape index (κ1) is 21.8. The van der Waals surface area contributed by atoms with Crippen molar-refractivity contribution in [2.24, 2.45) is 10.3 Å². The van der Waals surface area contributed by atoms with Gasteiger partial charge in [0.05, 0.1) is 5.56 Å². The van der Waals surface area contributed by atoms with Gasteiger partial charge in [0.2, 0.25) is 0 Å². The first-order valence-electron chi connectivity index (χ1n) is 8.46. The maximum Gasteiger partial charge on any atom is 0.416 e. The van der Waals surface area contributed by atoms with Crippen molar-refractivity contribution in [3.8, 4) is 18.1 Å². The molecule has 0 saturated carbocycles. The van der Waals surface area contributed by atoms with Crippen LogP contribution < -0.4 is 4.74 Å². The van der Waals surface area contributed by atoms with Crippen molar-refractivity contribution in [1.29, 1.82) is 0 Å². The molecule has 5 nitrogen and oxygen atoms in total. The number of alkyl halides is 3. The first-order valence-corrected chi connectivity index (χ1v) is 8.46. The van der Waals surface area contributed by atoms with E-state index >= 15 is 0 Å². The third-order valence-electron chi connectivity index (χ3n) is 3.66. The van der Waals surface area contributed by atoms with Crippen LogP contribution in [0.4, 0.5) is 13.2 Å². The lowest BCUT2D eigenvalue weighted by Crippen LogP contribution is -2.13. The molecule has 0 aliphatic heterocycles. The highest BCUT2D eigenvalue weighted by atomic mass is 19.4. The number of halogens is 3. The Balaban J connectivity index is 2.08. The van der Waals surface area contributed by atoms with Gasteiger partial charge in [0.25, 0.3) is 0 Å². The fraction of sp³-hybridized carbons (Fsp3) is 0.238. The van der Waals surface area contributed by atoms with E-state index < -0.39 is 11.7 Å². The van der Waals surface area contributed by atoms with Gasteiger partial charge in [0.15, 0.2) is 6.61 Å². The Morgan fingerprint density at radius 1 is 1.10 bits per heavy atom. The summed E-state index contributed by atoms with van der Waals surface area (Å²) in [6.07, 6.45) is 0.718. The minimum atomic E-state index is -4.39. The van der Waals surface area contributed by atoms with Gasteiger partial charge in [0, 0.05) is 5.56 Å². The predicted octanol–water partition coefficient (Wildman–Crippen LogP) is 4.66. The van der Waals surface area contributed by atoms with Gasteiger partial charge in [-0.05, 0) is 48.9 Å². The molecule has 2 aromatic carbocycles. The molecule has 0 unspecified atom stereocenters. The molecule has 0 atom stereocenters. The van der Waals surface area contributed by atoms with E-state index in [-0.39, 0.29) is 13.2 Å². The molecule has 0 fully saturated rings. The smallest absolute Gasteiger partial charge is 0.416 e. The maximum atomic E-state index is 12.8. The lowest BCUT2D eigenvalue weighted by Gasteiger charge is -2.11. The number of rotatable bonds is 8. The van der Waals surface area contributed by atoms with Crippen molar-refractivity contribution < 1.29 is 27.6 Å². The van der Waals surface area contributed by atoms with Crippen molar-refractivity contribution in [2.45, 2.75) is 19.7 Å². The van der Waals surface area contributed by atoms with E-state index in [2.05, 4.69) is 16.2 Å². The Kier molecular flexibility index (Phi) is 7.66. The molecule has 0 saturated heterocycles. The van der Waals surface area contributed by atoms with Crippen molar-refractivity contribution in [1.82, 2.24) is 0 Å². The largest absolute Gasteiger partial charge is 0.489 e. The number of hydrogen-bond acceptors (Lipinski definition) is 5. The molecule has 0 radical (unpaired) electrons. The molecule has 8 heteroatoms. The molecule has 0 spiro atoms. The summed E-state index contributed by atoms with van der Waals surface area (Å²) in [5.74, 6) is 2.79. The number of ether oxygens (including phenoxy) is 1. The number of nitrogens with zero attached hydrogens (tertiary/aromatic N) is 2. The first-order chi connectivity index (χ1) is 13.8. The number of terminal acetylenes is 1. The van der Waals surface area contributed by atoms with Gasteiger partial charge in [0.1, 0.15) is 30.9 Å². The quantitative estimate of drug-likeness (QED) is 0.278. The fourth-order valence-corrected chi connectivity index (χ4v) is 2.34. The van der Waals surface area contributed by atoms with Crippen molar-refractivity contribution in [3.05, 3.63) is 65.2 Å². The van der Waals surface area contributed by atoms with Gasteiger partial charge in [-0.25, -0.2) is 0 Å². The molecule has 0 amide bonds. The zero-order valence-electron chi connectivity index (χ0n) is 15.9. The van der Waals surface area contributed by atoms with Gasteiger partial charge in [-0.2, -0.15) is 13.2 Å². The Labute approximate surface area is 166 Å². The fourth-order valence-electron chi connectivity index (χ4n) is 2.34. The van der Waals surface area contributed by atoms with Crippen LogP contribution in [0.3, 0.4) is 0 Å². The number of oxime groups is 2. The SMILES string of the molecule is C#CCON=C(C)C(=NOC)c1ccc(OCc2cccc(C(F)(F)F)c2)cc1. The zero-order chi connectivity index (χ0) is 21.3. The topological polar surface area (TPSA) is 52.4 Å². The van der Waals surface area contributed by atoms with E-state index in [9.17, 15) is 13.2 Å². The highest BCUT2D eigenvalue weighted by molar-refractivity contribution is 6.47. The van der Waals surface area contributed by atoms with Gasteiger partial charge in [-0.1, -0.05) is 28.4 Å². The summed E-state index contributed by atoms with van der Waals surface area (Å²) in [5.41, 5.74) is 1.29. The zero-order valence-corrected chi connectivity index (χ0v) is 15.9. The molecule has 2 rings (SSSR count). The summed E-state index contributed by atoms with van der Waals surface area (Å²) >= 11 is 0. The second-order valence-corrected chi connectivity index (χ2v) is 5.79. The van der Waals surface area contributed by atoms with Crippen LogP contribution in [0.15, 0.2) is 58.8 Å². The second-order valence-electron chi connectivity index (χ2n) is 5.79. The van der Waals surface area contributed by atoms with Gasteiger partial charge in [-0.15, -0.1) is 6.42 Å². The standard InChI is InChI=1S/C21H19F3N2O3/c1-4-12-29-25-15(2)20(26-27-3)17-8-10-19(11-9-17)28-14-16-6-5-7-18(13-16)21(22,23)24/h1,5-11,13H,12,14H2,2-3H3. The van der Waals surface area contributed by atoms with Gasteiger partial charge in [-0.3, -0.25) is 0 Å². The molecule has 0 aliphatic carbocycles. The van der Waals surface area contributed by atoms with Crippen LogP contribution in [0.5, 0.6) is 5.75 Å². The van der Waals surface area contributed by atoms with E-state index in [0.717, 1.165) is 12.1 Å². The van der Waals surface area contributed by atoms with E-state index in [0.29, 0.717) is 28.3 Å². The van der Waals surface area contributed by atoms with Crippen molar-refractivity contribution >= 4 is 11.4 Å². The van der Waals surface area contributed by atoms with Crippen LogP contribution in [-0.2, 0) is 22.5 Å². The highest BCUT2D eigenvalue weighted by Gasteiger charge is 2.30. The Bertz CT molecular complexity index is 914. The van der Waals surface area contributed by atoms with E-state index in [4.69, 9.17) is 20.8 Å². The minimum Gasteiger partial charge on any atom is -0.489 e. The van der Waals surface area contributed by atoms with E-state index in [1.165, 1.54) is 13.2 Å². The Hall–Kier alpha value is -3.47. The molecule has 29 heavy (non-hydrogen) atoms. The molecule has 2 aromatic rings. The van der Waals surface area contributed by atoms with Crippen molar-refractivity contribution in [3.63, 3.8) is 0 Å². The third kappa shape index (κ3) is 6.57. The molecule has 0 aliphatic rings. The molecule has 0 aromatic heterocycles. The number of hydrogen-bond donors (Lipinski definition) is 0. The molecule has 0 bridgehead atoms. The normalized spacial score (nSPS) is 12.3. The Morgan fingerprint density at radius 3 is 2.45 bits per heavy atom. The van der Waals surface area contributed by atoms with E-state index in [1.807, 2.05) is 0 Å². The average Bonchev–Trinajstić information content (AvgIpc) is 2.70. The monoisotopic (exact) mass is 404 g/mol. The second kappa shape index (κ2) is 10.2. The number of benzene rings is 2. The van der Waals surface area contributed by atoms with Gasteiger partial charge < -0.3 is 14.4 Å². The average molecular weight is 404 g/mol. The summed E-state index contributed by atoms with van der Waals surface area (Å²) in [5, 5.41) is 7.81. The van der Waals surface area contributed by atoms with Crippen LogP contribution in [0.1, 0.15) is 23.6 Å². The summed E-state index contributed by atoms with van der Waals surface area (Å²) < 4.78 is 43.9. The summed E-state index contributed by atoms with van der Waals surface area (Å²) in [6.45, 7) is 1.72. The highest BCUT2D eigenvalue weighted by Crippen LogP contribution is 2.29. The van der Waals surface area contributed by atoms with Crippen LogP contribution in [0.2, 0.25) is 0 Å². The molecule has 152 valence electrons. The predicted molar refractivity (Wildman–Crippen MR) is 104 cm³/mol. The lowest BCUT2D eigenvalue weighted by molar-refractivity contribution is -0.137. The van der Waals surface area contributed by atoms with Crippen molar-refractivity contribution in [2.75, 3.05) is 13.7 Å². The minimum absolute atomic E-state index is 0.00268. The molecular weight excluding hydrogens is 385 g/mol. The molecule has 0 heterocycles. The summed E-state index contributed by atoms with van der Waals surface area (Å²) in [4.78, 5) is 9.80. The summed E-state index contributed by atoms with van der Waals surface area (Å²) in [6, 6.07) is 11.8. The lowest BCUT2D eigenvalue weighted by atomic mass is 10.1. The molecular formula is C21H19F3N2O3. The van der Waals surface area contributed by atoms with Crippen LogP contribution in [0, 0.1) is 12.3 Å². The van der Waals surface area contributed by atoms with Crippen LogP contribution >= 0.6 is 0 Å². The summed E-state index contributed by atoms with van der Waals surface area (Å²) in [7, 11) is 1.40. The molecule has 0 N–H and O–H groups in total.